The molecule has 2 aromatic heterocycles. The molecule has 2 heterocycles. The van der Waals surface area contributed by atoms with E-state index in [9.17, 15) is 9.70 Å². The van der Waals surface area contributed by atoms with Gasteiger partial charge in [0.05, 0.1) is 29.4 Å². The summed E-state index contributed by atoms with van der Waals surface area (Å²) in [6.45, 7) is 0.356. The van der Waals surface area contributed by atoms with Gasteiger partial charge in [-0.1, -0.05) is 0 Å². The summed E-state index contributed by atoms with van der Waals surface area (Å²) in [5.74, 6) is 0.458. The fraction of sp³-hybridized carbons (Fsp3) is 0.143. The van der Waals surface area contributed by atoms with Crippen LogP contribution < -0.4 is 5.32 Å². The Morgan fingerprint density at radius 2 is 2.27 bits per heavy atom. The number of furan rings is 1. The van der Waals surface area contributed by atoms with Crippen LogP contribution in [0.1, 0.15) is 5.76 Å². The van der Waals surface area contributed by atoms with Crippen LogP contribution in [0, 0.1) is 4.91 Å². The van der Waals surface area contributed by atoms with Crippen LogP contribution in [-0.4, -0.2) is 25.8 Å². The molecule has 0 aliphatic carbocycles. The van der Waals surface area contributed by atoms with Crippen LogP contribution in [0.3, 0.4) is 0 Å². The van der Waals surface area contributed by atoms with Gasteiger partial charge < -0.3 is 9.73 Å². The predicted octanol–water partition coefficient (Wildman–Crippen LogP) is 1.75. The molecule has 1 aromatic carbocycles. The Balaban J connectivity index is 1.71. The van der Waals surface area contributed by atoms with E-state index in [0.29, 0.717) is 23.2 Å². The highest BCUT2D eigenvalue weighted by Crippen LogP contribution is 2.20. The molecule has 0 atom stereocenters. The normalized spacial score (nSPS) is 10.7. The largest absolute Gasteiger partial charge is 0.467 e. The summed E-state index contributed by atoms with van der Waals surface area (Å²) in [4.78, 5) is 22.5. The van der Waals surface area contributed by atoms with Crippen molar-refractivity contribution < 1.29 is 19.3 Å². The number of aromatic nitrogens is 2. The van der Waals surface area contributed by atoms with Gasteiger partial charge in [-0.15, -0.1) is 0 Å². The van der Waals surface area contributed by atoms with Crippen molar-refractivity contribution in [2.45, 2.75) is 13.1 Å². The molecule has 0 bridgehead atoms. The van der Waals surface area contributed by atoms with E-state index in [4.69, 9.17) is 9.62 Å². The van der Waals surface area contributed by atoms with E-state index in [1.54, 1.807) is 24.5 Å². The summed E-state index contributed by atoms with van der Waals surface area (Å²) in [5, 5.41) is 16.4. The third-order valence-electron chi connectivity index (χ3n) is 3.18. The molecule has 2 N–H and O–H groups in total. The SMILES string of the molecule is O=C(Cn1ncc2cc([N+](=O)O)ccc21)NCc1ccco1. The zero-order valence-electron chi connectivity index (χ0n) is 11.5. The fourth-order valence-electron chi connectivity index (χ4n) is 2.11. The van der Waals surface area contributed by atoms with Gasteiger partial charge in [0.25, 0.3) is 4.92 Å². The molecule has 1 amide bonds. The Kier molecular flexibility index (Phi) is 3.57. The first kappa shape index (κ1) is 13.8. The van der Waals surface area contributed by atoms with Crippen molar-refractivity contribution >= 4 is 22.5 Å². The van der Waals surface area contributed by atoms with Crippen molar-refractivity contribution in [2.75, 3.05) is 0 Å². The molecule has 0 saturated heterocycles. The smallest absolute Gasteiger partial charge is 0.317 e. The average Bonchev–Trinajstić information content (AvgIpc) is 3.14. The molecule has 3 rings (SSSR count). The molecule has 0 aliphatic rings. The molecule has 22 heavy (non-hydrogen) atoms. The van der Waals surface area contributed by atoms with Crippen LogP contribution in [0.2, 0.25) is 0 Å². The van der Waals surface area contributed by atoms with Gasteiger partial charge in [-0.3, -0.25) is 9.48 Å². The lowest BCUT2D eigenvalue weighted by Gasteiger charge is -2.04. The summed E-state index contributed by atoms with van der Waals surface area (Å²) < 4.78 is 6.65. The van der Waals surface area contributed by atoms with Crippen LogP contribution in [0.5, 0.6) is 0 Å². The molecule has 0 fully saturated rings. The number of rotatable bonds is 5. The number of fused-ring (bicyclic) bond motifs is 1. The lowest BCUT2D eigenvalue weighted by Crippen LogP contribution is -2.27. The summed E-state index contributed by atoms with van der Waals surface area (Å²) in [7, 11) is 0. The highest BCUT2D eigenvalue weighted by Gasteiger charge is 2.14. The molecule has 0 aliphatic heterocycles. The summed E-state index contributed by atoms with van der Waals surface area (Å²) >= 11 is 0. The van der Waals surface area contributed by atoms with Gasteiger partial charge in [0.1, 0.15) is 12.3 Å². The Labute approximate surface area is 124 Å². The van der Waals surface area contributed by atoms with E-state index in [2.05, 4.69) is 10.4 Å². The van der Waals surface area contributed by atoms with Gasteiger partial charge in [-0.25, -0.2) is 5.21 Å². The lowest BCUT2D eigenvalue weighted by atomic mass is 10.2. The Morgan fingerprint density at radius 3 is 3.00 bits per heavy atom. The molecule has 0 radical (unpaired) electrons. The van der Waals surface area contributed by atoms with E-state index in [0.717, 1.165) is 0 Å². The average molecular weight is 301 g/mol. The second-order valence-corrected chi connectivity index (χ2v) is 4.67. The monoisotopic (exact) mass is 301 g/mol. The lowest BCUT2D eigenvalue weighted by molar-refractivity contribution is -0.729. The first-order valence-electron chi connectivity index (χ1n) is 6.54. The van der Waals surface area contributed by atoms with E-state index in [1.165, 1.54) is 23.0 Å². The molecule has 0 saturated carbocycles. The Hall–Kier alpha value is -3.16. The minimum atomic E-state index is -0.215. The third-order valence-corrected chi connectivity index (χ3v) is 3.18. The van der Waals surface area contributed by atoms with Crippen LogP contribution in [0.15, 0.2) is 47.2 Å². The molecule has 112 valence electrons. The zero-order chi connectivity index (χ0) is 15.5. The Bertz CT molecular complexity index is 823. The molecule has 8 nitrogen and oxygen atoms in total. The minimum Gasteiger partial charge on any atom is -0.467 e. The molecule has 0 spiro atoms. The molecular weight excluding hydrogens is 288 g/mol. The number of benzene rings is 1. The first-order valence-corrected chi connectivity index (χ1v) is 6.54. The van der Waals surface area contributed by atoms with Crippen molar-refractivity contribution in [3.63, 3.8) is 0 Å². The van der Waals surface area contributed by atoms with E-state index in [1.807, 2.05) is 0 Å². The number of hydrogen-bond donors (Lipinski definition) is 2. The summed E-state index contributed by atoms with van der Waals surface area (Å²) in [5.41, 5.74) is 0.799. The highest BCUT2D eigenvalue weighted by molar-refractivity contribution is 5.83. The fourth-order valence-corrected chi connectivity index (χ4v) is 2.11. The first-order chi connectivity index (χ1) is 10.6. The summed E-state index contributed by atoms with van der Waals surface area (Å²) in [6.07, 6.45) is 3.07. The van der Waals surface area contributed by atoms with Crippen molar-refractivity contribution in [1.29, 1.82) is 0 Å². The zero-order valence-corrected chi connectivity index (χ0v) is 11.5. The van der Waals surface area contributed by atoms with Crippen molar-refractivity contribution in [2.24, 2.45) is 0 Å². The standard InChI is InChI=1S/C14H12N4O4/c19-14(15-8-12-2-1-5-22-12)9-17-13-4-3-11(18(20)21)6-10(13)7-16-17/h1-7H,8-9H2,(H-,15,19,20,21)/p+1. The van der Waals surface area contributed by atoms with Crippen molar-refractivity contribution in [3.8, 4) is 0 Å². The minimum absolute atomic E-state index is 0.0454. The number of hydrogen-bond acceptors (Lipinski definition) is 4. The van der Waals surface area contributed by atoms with Gasteiger partial charge in [0.15, 0.2) is 0 Å². The number of nitrogens with one attached hydrogen (secondary N) is 1. The van der Waals surface area contributed by atoms with E-state index < -0.39 is 0 Å². The number of nitrogens with zero attached hydrogens (tertiary/aromatic N) is 3. The second-order valence-electron chi connectivity index (χ2n) is 4.67. The number of amides is 1. The number of carbonyl (C=O) groups is 1. The Morgan fingerprint density at radius 1 is 1.41 bits per heavy atom. The topological polar surface area (TPSA) is 100 Å². The second kappa shape index (κ2) is 5.68. The molecular formula is C14H13N4O4+. The van der Waals surface area contributed by atoms with E-state index in [-0.39, 0.29) is 23.1 Å². The van der Waals surface area contributed by atoms with Gasteiger partial charge >= 0.3 is 5.69 Å². The van der Waals surface area contributed by atoms with Crippen molar-refractivity contribution in [1.82, 2.24) is 15.1 Å². The van der Waals surface area contributed by atoms with E-state index >= 15 is 0 Å². The van der Waals surface area contributed by atoms with Crippen LogP contribution in [0.4, 0.5) is 5.69 Å². The van der Waals surface area contributed by atoms with Gasteiger partial charge in [0.2, 0.25) is 5.91 Å². The molecule has 3 aromatic rings. The maximum absolute atomic E-state index is 11.9. The van der Waals surface area contributed by atoms with Gasteiger partial charge in [-0.05, 0) is 18.2 Å². The highest BCUT2D eigenvalue weighted by atomic mass is 16.6. The van der Waals surface area contributed by atoms with Crippen molar-refractivity contribution in [3.05, 3.63) is 53.5 Å². The van der Waals surface area contributed by atoms with Gasteiger partial charge in [0, 0.05) is 17.5 Å². The maximum atomic E-state index is 11.9. The number of carbonyl (C=O) groups excluding carboxylic acids is 1. The van der Waals surface area contributed by atoms with Gasteiger partial charge in [-0.2, -0.15) is 5.10 Å². The molecule has 8 heteroatoms. The maximum Gasteiger partial charge on any atom is 0.317 e. The molecule has 0 unspecified atom stereocenters. The quantitative estimate of drug-likeness (QED) is 0.699. The summed E-state index contributed by atoms with van der Waals surface area (Å²) in [6, 6.07) is 8.09. The predicted molar refractivity (Wildman–Crippen MR) is 75.4 cm³/mol. The third kappa shape index (κ3) is 2.80. The van der Waals surface area contributed by atoms with Crippen LogP contribution in [-0.2, 0) is 17.9 Å². The van der Waals surface area contributed by atoms with Crippen LogP contribution in [0.25, 0.3) is 10.9 Å². The van der Waals surface area contributed by atoms with Crippen LogP contribution >= 0.6 is 0 Å².